The lowest BCUT2D eigenvalue weighted by atomic mass is 9.81. The lowest BCUT2D eigenvalue weighted by Crippen LogP contribution is -2.36. The van der Waals surface area contributed by atoms with Crippen molar-refractivity contribution in [3.8, 4) is 0 Å². The average Bonchev–Trinajstić information content (AvgIpc) is 2.77. The molecule has 1 saturated carbocycles. The van der Waals surface area contributed by atoms with Crippen LogP contribution in [-0.2, 0) is 27.0 Å². The van der Waals surface area contributed by atoms with E-state index in [-0.39, 0.29) is 22.6 Å². The van der Waals surface area contributed by atoms with Crippen LogP contribution in [0.3, 0.4) is 0 Å². The van der Waals surface area contributed by atoms with Gasteiger partial charge in [0, 0.05) is 19.0 Å². The Bertz CT molecular complexity index is 959. The van der Waals surface area contributed by atoms with Crippen molar-refractivity contribution in [3.05, 3.63) is 65.7 Å². The minimum atomic E-state index is -3.49. The molecule has 0 heterocycles. The predicted molar refractivity (Wildman–Crippen MR) is 121 cm³/mol. The fraction of sp³-hybridized carbons (Fsp3) is 0.458. The Morgan fingerprint density at radius 1 is 1.00 bits per heavy atom. The summed E-state index contributed by atoms with van der Waals surface area (Å²) in [5.74, 6) is 0.268. The second-order valence-corrected chi connectivity index (χ2v) is 10.6. The molecule has 1 amide bonds. The predicted octanol–water partition coefficient (Wildman–Crippen LogP) is 3.32. The van der Waals surface area contributed by atoms with Gasteiger partial charge in [-0.15, -0.1) is 0 Å². The van der Waals surface area contributed by atoms with Crippen LogP contribution >= 0.6 is 0 Å². The summed E-state index contributed by atoms with van der Waals surface area (Å²) in [6.45, 7) is 4.35. The van der Waals surface area contributed by atoms with Gasteiger partial charge < -0.3 is 10.4 Å². The largest absolute Gasteiger partial charge is 0.386 e. The normalized spacial score (nSPS) is 19.7. The summed E-state index contributed by atoms with van der Waals surface area (Å²) in [7, 11) is -3.49. The van der Waals surface area contributed by atoms with E-state index in [1.54, 1.807) is 44.2 Å². The van der Waals surface area contributed by atoms with Crippen LogP contribution in [-0.4, -0.2) is 26.0 Å². The molecule has 7 heteroatoms. The van der Waals surface area contributed by atoms with Gasteiger partial charge in [0.1, 0.15) is 0 Å². The van der Waals surface area contributed by atoms with Gasteiger partial charge in [0.15, 0.2) is 0 Å². The SMILES string of the molecule is CC(C)(O)c1ccc(CNC(=O)C2CCC(CNS(=O)(=O)c3ccccc3)CC2)cc1. The van der Waals surface area contributed by atoms with Gasteiger partial charge >= 0.3 is 0 Å². The molecule has 31 heavy (non-hydrogen) atoms. The van der Waals surface area contributed by atoms with Gasteiger partial charge in [-0.25, -0.2) is 13.1 Å². The first kappa shape index (κ1) is 23.4. The lowest BCUT2D eigenvalue weighted by Gasteiger charge is -2.28. The molecule has 2 aromatic rings. The van der Waals surface area contributed by atoms with Gasteiger partial charge in [0.2, 0.25) is 15.9 Å². The molecule has 3 rings (SSSR count). The summed E-state index contributed by atoms with van der Waals surface area (Å²) in [6.07, 6.45) is 3.19. The molecule has 0 atom stereocenters. The highest BCUT2D eigenvalue weighted by molar-refractivity contribution is 7.89. The van der Waals surface area contributed by atoms with E-state index in [0.717, 1.165) is 36.8 Å². The smallest absolute Gasteiger partial charge is 0.240 e. The summed E-state index contributed by atoms with van der Waals surface area (Å²) >= 11 is 0. The van der Waals surface area contributed by atoms with Crippen molar-refractivity contribution in [1.82, 2.24) is 10.0 Å². The van der Waals surface area contributed by atoms with Gasteiger partial charge in [-0.3, -0.25) is 4.79 Å². The molecule has 0 aromatic heterocycles. The monoisotopic (exact) mass is 444 g/mol. The zero-order valence-electron chi connectivity index (χ0n) is 18.2. The molecule has 0 unspecified atom stereocenters. The number of carbonyl (C=O) groups is 1. The van der Waals surface area contributed by atoms with Crippen LogP contribution in [0.5, 0.6) is 0 Å². The molecule has 6 nitrogen and oxygen atoms in total. The molecule has 0 saturated heterocycles. The van der Waals surface area contributed by atoms with E-state index in [1.807, 2.05) is 24.3 Å². The van der Waals surface area contributed by atoms with Crippen molar-refractivity contribution in [2.45, 2.75) is 56.6 Å². The zero-order chi connectivity index (χ0) is 22.5. The highest BCUT2D eigenvalue weighted by Gasteiger charge is 2.27. The van der Waals surface area contributed by atoms with Crippen LogP contribution in [0.15, 0.2) is 59.5 Å². The van der Waals surface area contributed by atoms with Gasteiger partial charge in [0.25, 0.3) is 0 Å². The first-order valence-corrected chi connectivity index (χ1v) is 12.3. The Kier molecular flexibility index (Phi) is 7.51. The van der Waals surface area contributed by atoms with Gasteiger partial charge in [-0.2, -0.15) is 0 Å². The van der Waals surface area contributed by atoms with Crippen molar-refractivity contribution in [2.75, 3.05) is 6.54 Å². The molecule has 168 valence electrons. The first-order chi connectivity index (χ1) is 14.6. The van der Waals surface area contributed by atoms with E-state index < -0.39 is 15.6 Å². The highest BCUT2D eigenvalue weighted by Crippen LogP contribution is 2.29. The number of nitrogens with one attached hydrogen (secondary N) is 2. The van der Waals surface area contributed by atoms with Crippen LogP contribution < -0.4 is 10.0 Å². The maximum absolute atomic E-state index is 12.5. The molecule has 1 aliphatic carbocycles. The average molecular weight is 445 g/mol. The van der Waals surface area contributed by atoms with Gasteiger partial charge in [-0.05, 0) is 68.7 Å². The first-order valence-electron chi connectivity index (χ1n) is 10.8. The van der Waals surface area contributed by atoms with Gasteiger partial charge in [0.05, 0.1) is 10.5 Å². The number of amides is 1. The quantitative estimate of drug-likeness (QED) is 0.582. The van der Waals surface area contributed by atoms with Crippen LogP contribution in [0.1, 0.15) is 50.7 Å². The molecule has 2 aromatic carbocycles. The van der Waals surface area contributed by atoms with Crippen molar-refractivity contribution < 1.29 is 18.3 Å². The third-order valence-electron chi connectivity index (χ3n) is 5.96. The maximum Gasteiger partial charge on any atom is 0.240 e. The standard InChI is InChI=1S/C24H32N2O4S/c1-24(2,28)21-14-10-18(11-15-21)16-25-23(27)20-12-8-19(9-13-20)17-26-31(29,30)22-6-4-3-5-7-22/h3-7,10-11,14-15,19-20,26,28H,8-9,12-13,16-17H2,1-2H3,(H,25,27). The number of benzene rings is 2. The fourth-order valence-electron chi connectivity index (χ4n) is 3.90. The number of rotatable bonds is 8. The summed E-state index contributed by atoms with van der Waals surface area (Å²) < 4.78 is 27.4. The molecule has 1 aliphatic rings. The van der Waals surface area contributed by atoms with Crippen LogP contribution in [0.2, 0.25) is 0 Å². The second kappa shape index (κ2) is 9.94. The summed E-state index contributed by atoms with van der Waals surface area (Å²) in [5.41, 5.74) is 0.949. The molecule has 0 aliphatic heterocycles. The fourth-order valence-corrected chi connectivity index (χ4v) is 5.04. The summed E-state index contributed by atoms with van der Waals surface area (Å²) in [5, 5.41) is 13.0. The Hall–Kier alpha value is -2.22. The van der Waals surface area contributed by atoms with E-state index in [4.69, 9.17) is 0 Å². The Morgan fingerprint density at radius 2 is 1.61 bits per heavy atom. The number of sulfonamides is 1. The number of aliphatic hydroxyl groups is 1. The summed E-state index contributed by atoms with van der Waals surface area (Å²) in [6, 6.07) is 16.0. The zero-order valence-corrected chi connectivity index (χ0v) is 19.0. The number of carbonyl (C=O) groups excluding carboxylic acids is 1. The van der Waals surface area contributed by atoms with Crippen LogP contribution in [0.25, 0.3) is 0 Å². The molecule has 0 radical (unpaired) electrons. The van der Waals surface area contributed by atoms with E-state index >= 15 is 0 Å². The second-order valence-electron chi connectivity index (χ2n) is 8.86. The van der Waals surface area contributed by atoms with Crippen molar-refractivity contribution in [3.63, 3.8) is 0 Å². The molecule has 0 spiro atoms. The van der Waals surface area contributed by atoms with E-state index in [0.29, 0.717) is 13.1 Å². The van der Waals surface area contributed by atoms with Gasteiger partial charge in [-0.1, -0.05) is 42.5 Å². The van der Waals surface area contributed by atoms with Crippen molar-refractivity contribution >= 4 is 15.9 Å². The lowest BCUT2D eigenvalue weighted by molar-refractivity contribution is -0.126. The molecule has 0 bridgehead atoms. The topological polar surface area (TPSA) is 95.5 Å². The Balaban J connectivity index is 1.41. The van der Waals surface area contributed by atoms with Crippen LogP contribution in [0.4, 0.5) is 0 Å². The number of hydrogen-bond donors (Lipinski definition) is 3. The van der Waals surface area contributed by atoms with Crippen LogP contribution in [0, 0.1) is 11.8 Å². The Labute approximate surface area is 185 Å². The minimum Gasteiger partial charge on any atom is -0.386 e. The highest BCUT2D eigenvalue weighted by atomic mass is 32.2. The molecular formula is C24H32N2O4S. The van der Waals surface area contributed by atoms with Crippen molar-refractivity contribution in [2.24, 2.45) is 11.8 Å². The third-order valence-corrected chi connectivity index (χ3v) is 7.40. The molecular weight excluding hydrogens is 412 g/mol. The summed E-state index contributed by atoms with van der Waals surface area (Å²) in [4.78, 5) is 12.8. The molecule has 1 fully saturated rings. The van der Waals surface area contributed by atoms with E-state index in [2.05, 4.69) is 10.0 Å². The van der Waals surface area contributed by atoms with E-state index in [9.17, 15) is 18.3 Å². The molecule has 3 N–H and O–H groups in total. The Morgan fingerprint density at radius 3 is 2.19 bits per heavy atom. The maximum atomic E-state index is 12.5. The minimum absolute atomic E-state index is 0.0300. The van der Waals surface area contributed by atoms with Crippen molar-refractivity contribution in [1.29, 1.82) is 0 Å². The van der Waals surface area contributed by atoms with E-state index in [1.165, 1.54) is 0 Å². The number of hydrogen-bond acceptors (Lipinski definition) is 4. The third kappa shape index (κ3) is 6.63.